The molecule has 1 unspecified atom stereocenters. The van der Waals surface area contributed by atoms with Gasteiger partial charge in [-0.1, -0.05) is 27.2 Å². The first-order valence-electron chi connectivity index (χ1n) is 6.64. The van der Waals surface area contributed by atoms with Gasteiger partial charge in [0.1, 0.15) is 0 Å². The summed E-state index contributed by atoms with van der Waals surface area (Å²) in [6.07, 6.45) is 0.752. The second kappa shape index (κ2) is 6.03. The Kier molecular flexibility index (Phi) is 4.14. The van der Waals surface area contributed by atoms with Crippen molar-refractivity contribution in [3.05, 3.63) is 34.1 Å². The van der Waals surface area contributed by atoms with Crippen LogP contribution in [0.25, 0.3) is 11.4 Å². The molecule has 0 saturated carbocycles. The average molecular weight is 338 g/mol. The number of hydrogen-bond acceptors (Lipinski definition) is 5. The number of aryl methyl sites for hydroxylation is 1. The lowest BCUT2D eigenvalue weighted by Crippen LogP contribution is -2.39. The normalized spacial score (nSPS) is 19.2. The molecule has 1 fully saturated rings. The monoisotopic (exact) mass is 337 g/mol. The third kappa shape index (κ3) is 3.08. The molecule has 1 saturated heterocycles. The van der Waals surface area contributed by atoms with Crippen LogP contribution in [0, 0.1) is 6.92 Å². The summed E-state index contributed by atoms with van der Waals surface area (Å²) in [5, 5.41) is 7.34. The summed E-state index contributed by atoms with van der Waals surface area (Å²) in [6, 6.07) is 6.07. The van der Waals surface area contributed by atoms with E-state index in [1.165, 1.54) is 5.56 Å². The van der Waals surface area contributed by atoms with Crippen LogP contribution >= 0.6 is 15.9 Å². The van der Waals surface area contributed by atoms with Crippen LogP contribution in [0.15, 0.2) is 27.2 Å². The van der Waals surface area contributed by atoms with Crippen molar-refractivity contribution in [1.29, 1.82) is 0 Å². The van der Waals surface area contributed by atoms with Crippen LogP contribution in [-0.4, -0.2) is 35.9 Å². The van der Waals surface area contributed by atoms with Crippen LogP contribution in [0.3, 0.4) is 0 Å². The first-order chi connectivity index (χ1) is 9.72. The molecule has 3 rings (SSSR count). The molecule has 0 spiro atoms. The maximum atomic E-state index is 5.64. The molecule has 20 heavy (non-hydrogen) atoms. The summed E-state index contributed by atoms with van der Waals surface area (Å²) >= 11 is 3.54. The van der Waals surface area contributed by atoms with Gasteiger partial charge in [-0.2, -0.15) is 4.98 Å². The van der Waals surface area contributed by atoms with Crippen LogP contribution in [0.2, 0.25) is 0 Å². The number of aromatic nitrogens is 2. The predicted molar refractivity (Wildman–Crippen MR) is 78.5 cm³/mol. The molecule has 0 radical (unpaired) electrons. The molecule has 1 aromatic heterocycles. The van der Waals surface area contributed by atoms with Crippen molar-refractivity contribution in [1.82, 2.24) is 15.5 Å². The second-order valence-electron chi connectivity index (χ2n) is 4.90. The summed E-state index contributed by atoms with van der Waals surface area (Å²) in [6.45, 7) is 4.51. The number of hydrogen-bond donors (Lipinski definition) is 1. The van der Waals surface area contributed by atoms with Crippen molar-refractivity contribution in [3.63, 3.8) is 0 Å². The zero-order chi connectivity index (χ0) is 13.9. The Morgan fingerprint density at radius 1 is 1.45 bits per heavy atom. The molecule has 1 aliphatic rings. The third-order valence-corrected chi connectivity index (χ3v) is 3.90. The molecular weight excluding hydrogens is 322 g/mol. The van der Waals surface area contributed by atoms with Crippen LogP contribution in [-0.2, 0) is 11.2 Å². The highest BCUT2D eigenvalue weighted by atomic mass is 79.9. The molecule has 1 atom stereocenters. The molecule has 0 bridgehead atoms. The van der Waals surface area contributed by atoms with Gasteiger partial charge in [0.2, 0.25) is 11.7 Å². The van der Waals surface area contributed by atoms with Gasteiger partial charge >= 0.3 is 0 Å². The highest BCUT2D eigenvalue weighted by molar-refractivity contribution is 9.10. The Morgan fingerprint density at radius 3 is 3.10 bits per heavy atom. The first-order valence-corrected chi connectivity index (χ1v) is 7.43. The van der Waals surface area contributed by atoms with E-state index in [0.29, 0.717) is 18.1 Å². The highest BCUT2D eigenvalue weighted by Crippen LogP contribution is 2.27. The van der Waals surface area contributed by atoms with E-state index in [1.54, 1.807) is 0 Å². The fourth-order valence-electron chi connectivity index (χ4n) is 2.19. The molecule has 2 heterocycles. The zero-order valence-electron chi connectivity index (χ0n) is 11.2. The maximum absolute atomic E-state index is 5.64. The van der Waals surface area contributed by atoms with Crippen molar-refractivity contribution in [2.24, 2.45) is 0 Å². The van der Waals surface area contributed by atoms with Gasteiger partial charge in [0.15, 0.2) is 0 Å². The molecule has 0 amide bonds. The molecule has 1 N–H and O–H groups in total. The largest absolute Gasteiger partial charge is 0.375 e. The molecule has 106 valence electrons. The summed E-state index contributed by atoms with van der Waals surface area (Å²) in [4.78, 5) is 4.45. The van der Waals surface area contributed by atoms with Crippen LogP contribution in [0.1, 0.15) is 11.5 Å². The smallest absolute Gasteiger partial charge is 0.229 e. The van der Waals surface area contributed by atoms with Gasteiger partial charge in [-0.3, -0.25) is 0 Å². The zero-order valence-corrected chi connectivity index (χ0v) is 12.8. The second-order valence-corrected chi connectivity index (χ2v) is 5.75. The number of benzene rings is 1. The standard InChI is InChI=1S/C14H16BrN3O2/c1-9-2-3-11(12(15)6-9)14-17-13(20-18-14)7-10-8-16-4-5-19-10/h2-3,6,10,16H,4-5,7-8H2,1H3. The van der Waals surface area contributed by atoms with E-state index < -0.39 is 0 Å². The van der Waals surface area contributed by atoms with E-state index in [9.17, 15) is 0 Å². The Labute approximate surface area is 125 Å². The quantitative estimate of drug-likeness (QED) is 0.931. The fourth-order valence-corrected chi connectivity index (χ4v) is 2.86. The van der Waals surface area contributed by atoms with Crippen molar-refractivity contribution < 1.29 is 9.26 Å². The highest BCUT2D eigenvalue weighted by Gasteiger charge is 2.18. The van der Waals surface area contributed by atoms with Crippen molar-refractivity contribution in [2.45, 2.75) is 19.4 Å². The van der Waals surface area contributed by atoms with Crippen molar-refractivity contribution in [3.8, 4) is 11.4 Å². The predicted octanol–water partition coefficient (Wildman–Crippen LogP) is 2.34. The molecule has 5 nitrogen and oxygen atoms in total. The van der Waals surface area contributed by atoms with Gasteiger partial charge in [-0.05, 0) is 24.6 Å². The van der Waals surface area contributed by atoms with Gasteiger partial charge in [0.25, 0.3) is 0 Å². The minimum atomic E-state index is 0.110. The van der Waals surface area contributed by atoms with Crippen LogP contribution in [0.5, 0.6) is 0 Å². The van der Waals surface area contributed by atoms with E-state index in [0.717, 1.165) is 29.7 Å². The van der Waals surface area contributed by atoms with Crippen LogP contribution < -0.4 is 5.32 Å². The minimum Gasteiger partial charge on any atom is -0.375 e. The first kappa shape index (κ1) is 13.7. The molecule has 1 aliphatic heterocycles. The number of nitrogens with zero attached hydrogens (tertiary/aromatic N) is 2. The molecule has 2 aromatic rings. The molecule has 0 aliphatic carbocycles. The molecular formula is C14H16BrN3O2. The summed E-state index contributed by atoms with van der Waals surface area (Å²) in [5.74, 6) is 1.22. The minimum absolute atomic E-state index is 0.110. The number of rotatable bonds is 3. The Hall–Kier alpha value is -1.24. The summed E-state index contributed by atoms with van der Waals surface area (Å²) in [7, 11) is 0. The lowest BCUT2D eigenvalue weighted by atomic mass is 10.1. The van der Waals surface area contributed by atoms with Gasteiger partial charge in [0.05, 0.1) is 19.1 Å². The van der Waals surface area contributed by atoms with Gasteiger partial charge in [0, 0.05) is 23.1 Å². The lowest BCUT2D eigenvalue weighted by molar-refractivity contribution is 0.0246. The van der Waals surface area contributed by atoms with E-state index in [2.05, 4.69) is 31.4 Å². The third-order valence-electron chi connectivity index (χ3n) is 3.24. The topological polar surface area (TPSA) is 60.2 Å². The number of nitrogens with one attached hydrogen (secondary N) is 1. The fraction of sp³-hybridized carbons (Fsp3) is 0.429. The lowest BCUT2D eigenvalue weighted by Gasteiger charge is -2.21. The Morgan fingerprint density at radius 2 is 2.35 bits per heavy atom. The van der Waals surface area contributed by atoms with Crippen molar-refractivity contribution in [2.75, 3.05) is 19.7 Å². The SMILES string of the molecule is Cc1ccc(-c2noc(CC3CNCCO3)n2)c(Br)c1. The maximum Gasteiger partial charge on any atom is 0.229 e. The van der Waals surface area contributed by atoms with Gasteiger partial charge < -0.3 is 14.6 Å². The van der Waals surface area contributed by atoms with E-state index in [-0.39, 0.29) is 6.10 Å². The number of halogens is 1. The van der Waals surface area contributed by atoms with Gasteiger partial charge in [-0.15, -0.1) is 0 Å². The molecule has 1 aromatic carbocycles. The van der Waals surface area contributed by atoms with Crippen LogP contribution in [0.4, 0.5) is 0 Å². The average Bonchev–Trinajstić information content (AvgIpc) is 2.88. The van der Waals surface area contributed by atoms with Crippen molar-refractivity contribution >= 4 is 15.9 Å². The summed E-state index contributed by atoms with van der Waals surface area (Å²) in [5.41, 5.74) is 2.12. The Bertz CT molecular complexity index is 594. The van der Waals surface area contributed by atoms with E-state index >= 15 is 0 Å². The Balaban J connectivity index is 1.75. The van der Waals surface area contributed by atoms with Gasteiger partial charge in [-0.25, -0.2) is 0 Å². The van der Waals surface area contributed by atoms with E-state index in [4.69, 9.17) is 9.26 Å². The number of morpholine rings is 1. The molecule has 6 heteroatoms. The summed E-state index contributed by atoms with van der Waals surface area (Å²) < 4.78 is 11.9. The van der Waals surface area contributed by atoms with E-state index in [1.807, 2.05) is 25.1 Å². The number of ether oxygens (including phenoxy) is 1.